The normalized spacial score (nSPS) is 51.3. The summed E-state index contributed by atoms with van der Waals surface area (Å²) in [7, 11) is 2.03. The first kappa shape index (κ1) is 15.5. The van der Waals surface area contributed by atoms with E-state index in [2.05, 4.69) is 23.8 Å². The molecule has 4 aliphatic rings. The summed E-state index contributed by atoms with van der Waals surface area (Å²) >= 11 is 0. The Morgan fingerprint density at radius 3 is 2.61 bits per heavy atom. The van der Waals surface area contributed by atoms with E-state index in [1.54, 1.807) is 0 Å². The Hall–Kier alpha value is -1.06. The van der Waals surface area contributed by atoms with Gasteiger partial charge in [-0.2, -0.15) is 5.10 Å². The number of fused-ring (bicyclic) bond motifs is 5. The average molecular weight is 317 g/mol. The van der Waals surface area contributed by atoms with Crippen LogP contribution in [-0.4, -0.2) is 29.6 Å². The number of nitrogens with two attached hydrogens (primary N) is 1. The summed E-state index contributed by atoms with van der Waals surface area (Å²) in [5.41, 5.74) is 1.83. The van der Waals surface area contributed by atoms with Crippen LogP contribution in [0.4, 0.5) is 0 Å². The fourth-order valence-electron chi connectivity index (χ4n) is 7.15. The Labute approximate surface area is 139 Å². The van der Waals surface area contributed by atoms with Crippen LogP contribution in [0.1, 0.15) is 65.2 Å². The summed E-state index contributed by atoms with van der Waals surface area (Å²) in [5, 5.41) is 4.17. The van der Waals surface area contributed by atoms with Gasteiger partial charge in [0, 0.05) is 30.6 Å². The number of rotatable bonds is 0. The van der Waals surface area contributed by atoms with Crippen molar-refractivity contribution in [2.24, 2.45) is 39.5 Å². The number of nitrogens with zero attached hydrogens (tertiary/aromatic N) is 2. The van der Waals surface area contributed by atoms with Crippen molar-refractivity contribution >= 4 is 11.6 Å². The van der Waals surface area contributed by atoms with E-state index in [1.807, 2.05) is 7.05 Å². The van der Waals surface area contributed by atoms with E-state index in [4.69, 9.17) is 5.84 Å². The van der Waals surface area contributed by atoms with Gasteiger partial charge in [-0.3, -0.25) is 4.79 Å². The summed E-state index contributed by atoms with van der Waals surface area (Å²) in [6, 6.07) is 0.457. The lowest BCUT2D eigenvalue weighted by molar-refractivity contribution is -0.155. The highest BCUT2D eigenvalue weighted by molar-refractivity contribution is 5.92. The fourth-order valence-corrected chi connectivity index (χ4v) is 7.15. The molecule has 1 saturated heterocycles. The molecule has 0 aromatic carbocycles. The highest BCUT2D eigenvalue weighted by Crippen LogP contribution is 2.63. The van der Waals surface area contributed by atoms with E-state index in [0.29, 0.717) is 17.4 Å². The van der Waals surface area contributed by atoms with Crippen molar-refractivity contribution in [1.82, 2.24) is 4.90 Å². The summed E-state index contributed by atoms with van der Waals surface area (Å²) in [4.78, 5) is 14.2. The molecule has 1 unspecified atom stereocenters. The molecule has 4 heteroatoms. The number of piperidine rings is 1. The molecule has 4 rings (SSSR count). The second kappa shape index (κ2) is 4.97. The van der Waals surface area contributed by atoms with Gasteiger partial charge in [-0.05, 0) is 68.1 Å². The predicted molar refractivity (Wildman–Crippen MR) is 91.8 cm³/mol. The Balaban J connectivity index is 1.66. The largest absolute Gasteiger partial charge is 0.342 e. The average Bonchev–Trinajstić information content (AvgIpc) is 2.88. The monoisotopic (exact) mass is 317 g/mol. The minimum absolute atomic E-state index is 0.246. The molecular formula is C19H31N3O. The van der Waals surface area contributed by atoms with Gasteiger partial charge < -0.3 is 10.7 Å². The minimum Gasteiger partial charge on any atom is -0.342 e. The van der Waals surface area contributed by atoms with Crippen LogP contribution in [0.2, 0.25) is 0 Å². The van der Waals surface area contributed by atoms with Crippen LogP contribution >= 0.6 is 0 Å². The summed E-state index contributed by atoms with van der Waals surface area (Å²) < 4.78 is 0. The fraction of sp³-hybridized carbons (Fsp3) is 0.895. The van der Waals surface area contributed by atoms with E-state index >= 15 is 0 Å². The number of likely N-dealkylation sites (tertiary alicyclic amines) is 1. The number of hydrazone groups is 1. The molecule has 2 N–H and O–H groups in total. The third kappa shape index (κ3) is 1.90. The second-order valence-corrected chi connectivity index (χ2v) is 9.05. The van der Waals surface area contributed by atoms with E-state index < -0.39 is 0 Å². The van der Waals surface area contributed by atoms with E-state index in [9.17, 15) is 4.79 Å². The molecule has 1 aliphatic heterocycles. The molecular weight excluding hydrogens is 286 g/mol. The quantitative estimate of drug-likeness (QED) is 0.551. The van der Waals surface area contributed by atoms with Gasteiger partial charge in [-0.25, -0.2) is 0 Å². The molecule has 128 valence electrons. The van der Waals surface area contributed by atoms with Crippen LogP contribution in [0.3, 0.4) is 0 Å². The topological polar surface area (TPSA) is 58.7 Å². The van der Waals surface area contributed by atoms with Gasteiger partial charge in [0.25, 0.3) is 0 Å². The van der Waals surface area contributed by atoms with Crippen LogP contribution in [0.15, 0.2) is 5.10 Å². The zero-order valence-corrected chi connectivity index (χ0v) is 14.8. The number of amides is 1. The van der Waals surface area contributed by atoms with Gasteiger partial charge in [-0.1, -0.05) is 13.8 Å². The zero-order valence-electron chi connectivity index (χ0n) is 14.8. The summed E-state index contributed by atoms with van der Waals surface area (Å²) in [6.07, 6.45) is 9.17. The van der Waals surface area contributed by atoms with Crippen LogP contribution in [0, 0.1) is 28.6 Å². The smallest absolute Gasteiger partial charge is 0.222 e. The number of carbonyl (C=O) groups is 1. The van der Waals surface area contributed by atoms with Gasteiger partial charge >= 0.3 is 0 Å². The molecule has 3 saturated carbocycles. The van der Waals surface area contributed by atoms with Crippen LogP contribution < -0.4 is 5.84 Å². The van der Waals surface area contributed by atoms with Gasteiger partial charge in [0.05, 0.1) is 0 Å². The SMILES string of the molecule is CN1C(=O)CC[C@@]2(C)C1CC[C@@H]1[C@H]2CC[C@]2(C)C(=NN)CC[C@@H]12. The lowest BCUT2D eigenvalue weighted by Gasteiger charge is -2.61. The Kier molecular flexibility index (Phi) is 3.34. The molecule has 1 heterocycles. The maximum Gasteiger partial charge on any atom is 0.222 e. The molecule has 0 aromatic heterocycles. The first-order valence-corrected chi connectivity index (χ1v) is 9.44. The van der Waals surface area contributed by atoms with E-state index in [0.717, 1.165) is 37.0 Å². The lowest BCUT2D eigenvalue weighted by atomic mass is 9.47. The van der Waals surface area contributed by atoms with Crippen molar-refractivity contribution in [2.75, 3.05) is 7.05 Å². The molecule has 23 heavy (non-hydrogen) atoms. The van der Waals surface area contributed by atoms with Crippen molar-refractivity contribution in [1.29, 1.82) is 0 Å². The number of hydrogen-bond acceptors (Lipinski definition) is 3. The maximum absolute atomic E-state index is 12.2. The van der Waals surface area contributed by atoms with Gasteiger partial charge in [0.1, 0.15) is 0 Å². The van der Waals surface area contributed by atoms with Crippen molar-refractivity contribution < 1.29 is 4.79 Å². The molecule has 4 nitrogen and oxygen atoms in total. The summed E-state index contributed by atoms with van der Waals surface area (Å²) in [6.45, 7) is 4.89. The van der Waals surface area contributed by atoms with Crippen LogP contribution in [0.25, 0.3) is 0 Å². The number of carbonyl (C=O) groups excluding carboxylic acids is 1. The van der Waals surface area contributed by atoms with E-state index in [1.165, 1.54) is 37.8 Å². The van der Waals surface area contributed by atoms with Gasteiger partial charge in [-0.15, -0.1) is 0 Å². The predicted octanol–water partition coefficient (Wildman–Crippen LogP) is 3.16. The van der Waals surface area contributed by atoms with Crippen molar-refractivity contribution in [2.45, 2.75) is 71.3 Å². The van der Waals surface area contributed by atoms with Crippen molar-refractivity contribution in [3.05, 3.63) is 0 Å². The molecule has 6 atom stereocenters. The molecule has 1 amide bonds. The van der Waals surface area contributed by atoms with Gasteiger partial charge in [0.2, 0.25) is 5.91 Å². The lowest BCUT2D eigenvalue weighted by Crippen LogP contribution is -2.61. The molecule has 3 aliphatic carbocycles. The van der Waals surface area contributed by atoms with Crippen molar-refractivity contribution in [3.8, 4) is 0 Å². The highest BCUT2D eigenvalue weighted by atomic mass is 16.2. The first-order chi connectivity index (χ1) is 10.9. The maximum atomic E-state index is 12.2. The molecule has 4 fully saturated rings. The molecule has 0 bridgehead atoms. The Morgan fingerprint density at radius 2 is 1.87 bits per heavy atom. The Morgan fingerprint density at radius 1 is 1.09 bits per heavy atom. The number of hydrogen-bond donors (Lipinski definition) is 1. The summed E-state index contributed by atoms with van der Waals surface area (Å²) in [5.74, 6) is 8.38. The van der Waals surface area contributed by atoms with Crippen LogP contribution in [-0.2, 0) is 4.79 Å². The standard InChI is InChI=1S/C19H31N3O/c1-18-10-8-14-12(13(18)5-6-15(18)21-20)4-7-16-19(14,2)11-9-17(23)22(16)3/h12-14,16H,4-11,20H2,1-3H3/t12-,13-,14+,16?,18-,19+/m0/s1. The zero-order chi connectivity index (χ0) is 16.4. The minimum atomic E-state index is 0.246. The highest BCUT2D eigenvalue weighted by Gasteiger charge is 2.60. The molecule has 0 radical (unpaired) electrons. The third-order valence-corrected chi connectivity index (χ3v) is 8.45. The van der Waals surface area contributed by atoms with Crippen molar-refractivity contribution in [3.63, 3.8) is 0 Å². The molecule has 0 spiro atoms. The third-order valence-electron chi connectivity index (χ3n) is 8.45. The second-order valence-electron chi connectivity index (χ2n) is 9.05. The first-order valence-electron chi connectivity index (χ1n) is 9.44. The Bertz CT molecular complexity index is 559. The van der Waals surface area contributed by atoms with Gasteiger partial charge in [0.15, 0.2) is 0 Å². The molecule has 0 aromatic rings. The van der Waals surface area contributed by atoms with Crippen LogP contribution in [0.5, 0.6) is 0 Å². The van der Waals surface area contributed by atoms with E-state index in [-0.39, 0.29) is 5.41 Å².